The number of hydrogen-bond acceptors (Lipinski definition) is 3. The Hall–Kier alpha value is -1.03. The number of piperidine rings is 1. The molecule has 1 saturated carbocycles. The van der Waals surface area contributed by atoms with Crippen LogP contribution in [0.2, 0.25) is 0 Å². The second-order valence-corrected chi connectivity index (χ2v) is 8.63. The van der Waals surface area contributed by atoms with E-state index in [0.717, 1.165) is 25.9 Å². The molecule has 3 atom stereocenters. The summed E-state index contributed by atoms with van der Waals surface area (Å²) < 4.78 is 5.67. The minimum Gasteiger partial charge on any atom is -0.444 e. The molecule has 2 rings (SSSR count). The molecule has 2 fully saturated rings. The van der Waals surface area contributed by atoms with E-state index >= 15 is 0 Å². The molecule has 0 spiro atoms. The lowest BCUT2D eigenvalue weighted by molar-refractivity contribution is 0.00000212. The molecule has 0 aromatic heterocycles. The lowest BCUT2D eigenvalue weighted by atomic mass is 9.87. The van der Waals surface area contributed by atoms with Crippen LogP contribution >= 0.6 is 0 Å². The molecule has 1 aliphatic heterocycles. The number of carbonyl (C=O) groups excluding carboxylic acids is 1. The first-order chi connectivity index (χ1) is 11.3. The third-order valence-electron chi connectivity index (χ3n) is 5.13. The van der Waals surface area contributed by atoms with Gasteiger partial charge in [-0.2, -0.15) is 0 Å². The zero-order chi connectivity index (χ0) is 17.7. The summed E-state index contributed by atoms with van der Waals surface area (Å²) in [7, 11) is 0. The van der Waals surface area contributed by atoms with Gasteiger partial charge in [-0.15, -0.1) is 0 Å². The van der Waals surface area contributed by atoms with Gasteiger partial charge in [0.05, 0.1) is 0 Å². The van der Waals surface area contributed by atoms with Crippen LogP contribution in [-0.2, 0) is 4.74 Å². The number of carbonyl (C=O) groups is 1. The van der Waals surface area contributed by atoms with Gasteiger partial charge in [0, 0.05) is 25.2 Å². The van der Waals surface area contributed by atoms with Crippen molar-refractivity contribution in [1.29, 1.82) is 0 Å². The van der Waals surface area contributed by atoms with Gasteiger partial charge in [-0.3, -0.25) is 0 Å². The van der Waals surface area contributed by atoms with Crippen LogP contribution in [-0.4, -0.2) is 41.8 Å². The summed E-state index contributed by atoms with van der Waals surface area (Å²) in [5, 5.41) is 3.71. The number of amides is 1. The van der Waals surface area contributed by atoms with Crippen LogP contribution in [0.1, 0.15) is 73.1 Å². The Kier molecular flexibility index (Phi) is 6.73. The Morgan fingerprint density at radius 3 is 2.58 bits per heavy atom. The van der Waals surface area contributed by atoms with Gasteiger partial charge in [-0.05, 0) is 72.6 Å². The minimum atomic E-state index is -0.421. The van der Waals surface area contributed by atoms with Gasteiger partial charge in [-0.1, -0.05) is 18.1 Å². The SMILES string of the molecule is CC(C)=CCNC1CCCC1C1CCCCN1C(=O)OC(C)(C)C. The molecule has 0 aromatic carbocycles. The summed E-state index contributed by atoms with van der Waals surface area (Å²) >= 11 is 0. The first-order valence-corrected chi connectivity index (χ1v) is 9.64. The van der Waals surface area contributed by atoms with E-state index in [0.29, 0.717) is 18.0 Å². The maximum atomic E-state index is 12.7. The Labute approximate surface area is 148 Å². The van der Waals surface area contributed by atoms with Crippen molar-refractivity contribution >= 4 is 6.09 Å². The van der Waals surface area contributed by atoms with Crippen LogP contribution in [0.4, 0.5) is 4.79 Å². The molecule has 1 aliphatic carbocycles. The zero-order valence-corrected chi connectivity index (χ0v) is 16.2. The van der Waals surface area contributed by atoms with E-state index in [1.807, 2.05) is 25.7 Å². The lowest BCUT2D eigenvalue weighted by Crippen LogP contribution is -2.52. The van der Waals surface area contributed by atoms with Gasteiger partial charge in [0.25, 0.3) is 0 Å². The molecule has 1 amide bonds. The minimum absolute atomic E-state index is 0.123. The highest BCUT2D eigenvalue weighted by Gasteiger charge is 2.40. The summed E-state index contributed by atoms with van der Waals surface area (Å²) in [4.78, 5) is 14.7. The van der Waals surface area contributed by atoms with Crippen LogP contribution in [0.25, 0.3) is 0 Å². The number of nitrogens with zero attached hydrogens (tertiary/aromatic N) is 1. The number of rotatable bonds is 4. The summed E-state index contributed by atoms with van der Waals surface area (Å²) in [6.07, 6.45) is 9.26. The van der Waals surface area contributed by atoms with Crippen molar-refractivity contribution in [1.82, 2.24) is 10.2 Å². The summed E-state index contributed by atoms with van der Waals surface area (Å²) in [5.74, 6) is 0.559. The van der Waals surface area contributed by atoms with Gasteiger partial charge in [0.2, 0.25) is 0 Å². The molecule has 138 valence electrons. The van der Waals surface area contributed by atoms with Gasteiger partial charge in [-0.25, -0.2) is 4.79 Å². The number of nitrogens with one attached hydrogen (secondary N) is 1. The molecule has 0 aromatic rings. The van der Waals surface area contributed by atoms with E-state index in [-0.39, 0.29) is 6.09 Å². The quantitative estimate of drug-likeness (QED) is 0.769. The Balaban J connectivity index is 2.02. The molecule has 4 heteroatoms. The van der Waals surface area contributed by atoms with E-state index in [2.05, 4.69) is 25.2 Å². The fourth-order valence-electron chi connectivity index (χ4n) is 4.07. The summed E-state index contributed by atoms with van der Waals surface area (Å²) in [6, 6.07) is 0.855. The van der Waals surface area contributed by atoms with Gasteiger partial charge in [0.1, 0.15) is 5.60 Å². The number of likely N-dealkylation sites (tertiary alicyclic amines) is 1. The van der Waals surface area contributed by atoms with E-state index in [1.54, 1.807) is 0 Å². The van der Waals surface area contributed by atoms with Crippen molar-refractivity contribution in [3.8, 4) is 0 Å². The van der Waals surface area contributed by atoms with Crippen LogP contribution < -0.4 is 5.32 Å². The standard InChI is InChI=1S/C20H36N2O2/c1-15(2)12-13-21-17-10-8-9-16(17)18-11-6-7-14-22(18)19(23)24-20(3,4)5/h12,16-18,21H,6-11,13-14H2,1-5H3. The van der Waals surface area contributed by atoms with Crippen LogP contribution in [0, 0.1) is 5.92 Å². The summed E-state index contributed by atoms with van der Waals surface area (Å²) in [6.45, 7) is 11.9. The molecule has 3 unspecified atom stereocenters. The Morgan fingerprint density at radius 2 is 1.92 bits per heavy atom. The largest absolute Gasteiger partial charge is 0.444 e. The molecule has 2 aliphatic rings. The second kappa shape index (κ2) is 8.37. The van der Waals surface area contributed by atoms with Gasteiger partial charge in [0.15, 0.2) is 0 Å². The van der Waals surface area contributed by atoms with Crippen molar-refractivity contribution in [2.75, 3.05) is 13.1 Å². The lowest BCUT2D eigenvalue weighted by Gasteiger charge is -2.41. The number of ether oxygens (including phenoxy) is 1. The smallest absolute Gasteiger partial charge is 0.410 e. The molecule has 0 bridgehead atoms. The molecule has 24 heavy (non-hydrogen) atoms. The van der Waals surface area contributed by atoms with E-state index in [1.165, 1.54) is 31.3 Å². The van der Waals surface area contributed by atoms with Crippen LogP contribution in [0.3, 0.4) is 0 Å². The zero-order valence-electron chi connectivity index (χ0n) is 16.2. The average molecular weight is 337 g/mol. The van der Waals surface area contributed by atoms with Gasteiger partial charge < -0.3 is 15.0 Å². The monoisotopic (exact) mass is 336 g/mol. The average Bonchev–Trinajstić information content (AvgIpc) is 2.93. The number of hydrogen-bond donors (Lipinski definition) is 1. The van der Waals surface area contributed by atoms with E-state index in [4.69, 9.17) is 4.74 Å². The fraction of sp³-hybridized carbons (Fsp3) is 0.850. The van der Waals surface area contributed by atoms with Crippen molar-refractivity contribution < 1.29 is 9.53 Å². The maximum absolute atomic E-state index is 12.7. The maximum Gasteiger partial charge on any atom is 0.410 e. The second-order valence-electron chi connectivity index (χ2n) is 8.63. The molecule has 4 nitrogen and oxygen atoms in total. The van der Waals surface area contributed by atoms with Crippen molar-refractivity contribution in [2.45, 2.75) is 90.8 Å². The van der Waals surface area contributed by atoms with Crippen LogP contribution in [0.15, 0.2) is 11.6 Å². The highest BCUT2D eigenvalue weighted by Crippen LogP contribution is 2.36. The van der Waals surface area contributed by atoms with E-state index in [9.17, 15) is 4.79 Å². The van der Waals surface area contributed by atoms with E-state index < -0.39 is 5.60 Å². The predicted octanol–water partition coefficient (Wildman–Crippen LogP) is 4.50. The molecular formula is C20H36N2O2. The van der Waals surface area contributed by atoms with Crippen molar-refractivity contribution in [3.63, 3.8) is 0 Å². The molecule has 1 saturated heterocycles. The normalized spacial score (nSPS) is 27.9. The third kappa shape index (κ3) is 5.51. The Morgan fingerprint density at radius 1 is 1.17 bits per heavy atom. The highest BCUT2D eigenvalue weighted by atomic mass is 16.6. The van der Waals surface area contributed by atoms with Gasteiger partial charge >= 0.3 is 6.09 Å². The van der Waals surface area contributed by atoms with Crippen molar-refractivity contribution in [3.05, 3.63) is 11.6 Å². The fourth-order valence-corrected chi connectivity index (χ4v) is 4.07. The third-order valence-corrected chi connectivity index (χ3v) is 5.13. The number of allylic oxidation sites excluding steroid dienone is 1. The molecular weight excluding hydrogens is 300 g/mol. The summed E-state index contributed by atoms with van der Waals surface area (Å²) in [5.41, 5.74) is 0.931. The molecule has 1 heterocycles. The van der Waals surface area contributed by atoms with Crippen LogP contribution in [0.5, 0.6) is 0 Å². The highest BCUT2D eigenvalue weighted by molar-refractivity contribution is 5.68. The first kappa shape index (κ1) is 19.3. The predicted molar refractivity (Wildman–Crippen MR) is 99.1 cm³/mol. The Bertz CT molecular complexity index is 449. The van der Waals surface area contributed by atoms with Crippen molar-refractivity contribution in [2.24, 2.45) is 5.92 Å². The topological polar surface area (TPSA) is 41.6 Å². The molecule has 0 radical (unpaired) electrons. The molecule has 1 N–H and O–H groups in total. The first-order valence-electron chi connectivity index (χ1n) is 9.64.